The maximum atomic E-state index is 11.9. The van der Waals surface area contributed by atoms with Crippen molar-refractivity contribution >= 4 is 21.6 Å². The number of nitrogens with zero attached hydrogens (tertiary/aromatic N) is 2. The maximum absolute atomic E-state index is 11.9. The molecule has 1 aromatic rings. The summed E-state index contributed by atoms with van der Waals surface area (Å²) in [6, 6.07) is 8.36. The summed E-state index contributed by atoms with van der Waals surface area (Å²) in [7, 11) is -3.49. The molecule has 6 nitrogen and oxygen atoms in total. The molecule has 0 heterocycles. The third-order valence-electron chi connectivity index (χ3n) is 3.06. The first kappa shape index (κ1) is 18.0. The van der Waals surface area contributed by atoms with Gasteiger partial charge in [-0.25, -0.2) is 8.42 Å². The molecule has 22 heavy (non-hydrogen) atoms. The minimum atomic E-state index is -3.49. The second-order valence-electron chi connectivity index (χ2n) is 4.95. The molecule has 1 N–H and O–H groups in total. The molecule has 0 spiro atoms. The molecule has 1 amide bonds. The van der Waals surface area contributed by atoms with Crippen LogP contribution in [0.2, 0.25) is 0 Å². The average Bonchev–Trinajstić information content (AvgIpc) is 2.48. The molecular formula is C15H21N3O3S. The summed E-state index contributed by atoms with van der Waals surface area (Å²) in [5.74, 6) is -0.0823. The third kappa shape index (κ3) is 5.74. The van der Waals surface area contributed by atoms with Crippen molar-refractivity contribution in [2.75, 3.05) is 23.7 Å². The number of hydrogen-bond donors (Lipinski definition) is 1. The van der Waals surface area contributed by atoms with Crippen LogP contribution in [0.5, 0.6) is 0 Å². The lowest BCUT2D eigenvalue weighted by molar-refractivity contribution is -0.121. The number of amides is 1. The molecule has 0 fully saturated rings. The fraction of sp³-hybridized carbons (Fsp3) is 0.467. The van der Waals surface area contributed by atoms with Crippen molar-refractivity contribution in [3.63, 3.8) is 0 Å². The van der Waals surface area contributed by atoms with E-state index in [0.717, 1.165) is 19.1 Å². The number of sulfonamides is 1. The van der Waals surface area contributed by atoms with Crippen LogP contribution in [0.25, 0.3) is 0 Å². The predicted octanol–water partition coefficient (Wildman–Crippen LogP) is 1.63. The molecule has 0 aromatic heterocycles. The number of hydrogen-bond acceptors (Lipinski definition) is 4. The van der Waals surface area contributed by atoms with Crippen molar-refractivity contribution in [1.82, 2.24) is 5.32 Å². The van der Waals surface area contributed by atoms with Crippen LogP contribution in [-0.2, 0) is 14.8 Å². The lowest BCUT2D eigenvalue weighted by Gasteiger charge is -2.22. The Hall–Kier alpha value is -2.07. The van der Waals surface area contributed by atoms with Crippen LogP contribution in [-0.4, -0.2) is 33.7 Å². The van der Waals surface area contributed by atoms with Crippen molar-refractivity contribution in [3.05, 3.63) is 29.8 Å². The number of nitrogens with one attached hydrogen (secondary N) is 1. The Bertz CT molecular complexity index is 650. The molecule has 7 heteroatoms. The van der Waals surface area contributed by atoms with Crippen molar-refractivity contribution in [1.29, 1.82) is 5.26 Å². The Morgan fingerprint density at radius 2 is 2.14 bits per heavy atom. The van der Waals surface area contributed by atoms with Gasteiger partial charge in [0.25, 0.3) is 0 Å². The Morgan fingerprint density at radius 1 is 1.41 bits per heavy atom. The lowest BCUT2D eigenvalue weighted by Crippen LogP contribution is -2.38. The third-order valence-corrected chi connectivity index (χ3v) is 4.25. The molecule has 0 aliphatic rings. The first-order chi connectivity index (χ1) is 10.4. The summed E-state index contributed by atoms with van der Waals surface area (Å²) in [6.45, 7) is 2.36. The molecule has 0 saturated heterocycles. The van der Waals surface area contributed by atoms with Gasteiger partial charge in [-0.3, -0.25) is 9.10 Å². The number of anilines is 1. The fourth-order valence-electron chi connectivity index (χ4n) is 1.94. The number of nitriles is 1. The molecule has 1 aromatic carbocycles. The van der Waals surface area contributed by atoms with Gasteiger partial charge in [0.15, 0.2) is 0 Å². The molecule has 0 saturated carbocycles. The van der Waals surface area contributed by atoms with Gasteiger partial charge in [-0.2, -0.15) is 5.26 Å². The zero-order chi connectivity index (χ0) is 16.6. The van der Waals surface area contributed by atoms with Crippen LogP contribution in [0.15, 0.2) is 24.3 Å². The molecule has 0 atom stereocenters. The van der Waals surface area contributed by atoms with E-state index in [2.05, 4.69) is 5.32 Å². The minimum Gasteiger partial charge on any atom is -0.354 e. The number of benzene rings is 1. The Balaban J connectivity index is 2.75. The molecular weight excluding hydrogens is 302 g/mol. The van der Waals surface area contributed by atoms with Gasteiger partial charge >= 0.3 is 0 Å². The summed E-state index contributed by atoms with van der Waals surface area (Å²) < 4.78 is 25.0. The SMILES string of the molecule is CCCCC(=O)NCCN(c1cccc(C#N)c1)S(C)(=O)=O. The monoisotopic (exact) mass is 323 g/mol. The maximum Gasteiger partial charge on any atom is 0.232 e. The second-order valence-corrected chi connectivity index (χ2v) is 6.86. The average molecular weight is 323 g/mol. The zero-order valence-electron chi connectivity index (χ0n) is 12.9. The van der Waals surface area contributed by atoms with Crippen LogP contribution in [0.3, 0.4) is 0 Å². The van der Waals surface area contributed by atoms with E-state index in [0.29, 0.717) is 17.7 Å². The number of rotatable bonds is 8. The van der Waals surface area contributed by atoms with E-state index in [1.165, 1.54) is 10.4 Å². The predicted molar refractivity (Wildman–Crippen MR) is 85.9 cm³/mol. The van der Waals surface area contributed by atoms with E-state index in [9.17, 15) is 13.2 Å². The van der Waals surface area contributed by atoms with Gasteiger partial charge in [-0.15, -0.1) is 0 Å². The van der Waals surface area contributed by atoms with Crippen molar-refractivity contribution in [2.24, 2.45) is 0 Å². The molecule has 0 radical (unpaired) electrons. The molecule has 0 aliphatic heterocycles. The summed E-state index contributed by atoms with van der Waals surface area (Å²) in [5, 5.41) is 11.6. The number of carbonyl (C=O) groups is 1. The standard InChI is InChI=1S/C15H21N3O3S/c1-3-4-8-15(19)17-9-10-18(22(2,20)21)14-7-5-6-13(11-14)12-16/h5-7,11H,3-4,8-10H2,1-2H3,(H,17,19). The Labute approximate surface area is 131 Å². The van der Waals surface area contributed by atoms with Crippen molar-refractivity contribution in [2.45, 2.75) is 26.2 Å². The topological polar surface area (TPSA) is 90.3 Å². The van der Waals surface area contributed by atoms with E-state index in [4.69, 9.17) is 5.26 Å². The van der Waals surface area contributed by atoms with Gasteiger partial charge < -0.3 is 5.32 Å². The highest BCUT2D eigenvalue weighted by Gasteiger charge is 2.17. The van der Waals surface area contributed by atoms with E-state index in [1.807, 2.05) is 13.0 Å². The Morgan fingerprint density at radius 3 is 2.73 bits per heavy atom. The van der Waals surface area contributed by atoms with E-state index >= 15 is 0 Å². The highest BCUT2D eigenvalue weighted by Crippen LogP contribution is 2.18. The van der Waals surface area contributed by atoms with E-state index < -0.39 is 10.0 Å². The first-order valence-electron chi connectivity index (χ1n) is 7.13. The van der Waals surface area contributed by atoms with Crippen LogP contribution in [0, 0.1) is 11.3 Å². The number of unbranched alkanes of at least 4 members (excludes halogenated alkanes) is 1. The van der Waals surface area contributed by atoms with Crippen LogP contribution >= 0.6 is 0 Å². The quantitative estimate of drug-likeness (QED) is 0.787. The summed E-state index contributed by atoms with van der Waals surface area (Å²) in [5.41, 5.74) is 0.808. The lowest BCUT2D eigenvalue weighted by atomic mass is 10.2. The zero-order valence-corrected chi connectivity index (χ0v) is 13.7. The molecule has 0 aliphatic carbocycles. The highest BCUT2D eigenvalue weighted by atomic mass is 32.2. The van der Waals surface area contributed by atoms with Gasteiger partial charge in [0.2, 0.25) is 15.9 Å². The molecule has 0 bridgehead atoms. The van der Waals surface area contributed by atoms with Gasteiger partial charge in [-0.05, 0) is 24.6 Å². The first-order valence-corrected chi connectivity index (χ1v) is 8.98. The second kappa shape index (κ2) is 8.39. The van der Waals surface area contributed by atoms with Crippen LogP contribution in [0.4, 0.5) is 5.69 Å². The summed E-state index contributed by atoms with van der Waals surface area (Å²) in [4.78, 5) is 11.5. The van der Waals surface area contributed by atoms with E-state index in [1.54, 1.807) is 18.2 Å². The normalized spacial score (nSPS) is 10.8. The van der Waals surface area contributed by atoms with Crippen molar-refractivity contribution in [3.8, 4) is 6.07 Å². The molecule has 1 rings (SSSR count). The fourth-order valence-corrected chi connectivity index (χ4v) is 2.86. The van der Waals surface area contributed by atoms with Gasteiger partial charge in [0, 0.05) is 13.0 Å². The molecule has 120 valence electrons. The summed E-state index contributed by atoms with van der Waals surface area (Å²) in [6.07, 6.45) is 3.29. The van der Waals surface area contributed by atoms with Crippen molar-refractivity contribution < 1.29 is 13.2 Å². The number of carbonyl (C=O) groups excluding carboxylic acids is 1. The Kier molecular flexibility index (Phi) is 6.86. The largest absolute Gasteiger partial charge is 0.354 e. The van der Waals surface area contributed by atoms with E-state index in [-0.39, 0.29) is 19.0 Å². The summed E-state index contributed by atoms with van der Waals surface area (Å²) >= 11 is 0. The van der Waals surface area contributed by atoms with Crippen LogP contribution < -0.4 is 9.62 Å². The highest BCUT2D eigenvalue weighted by molar-refractivity contribution is 7.92. The molecule has 0 unspecified atom stereocenters. The van der Waals surface area contributed by atoms with Gasteiger partial charge in [-0.1, -0.05) is 19.4 Å². The minimum absolute atomic E-state index is 0.0823. The smallest absolute Gasteiger partial charge is 0.232 e. The van der Waals surface area contributed by atoms with Gasteiger partial charge in [0.1, 0.15) is 0 Å². The van der Waals surface area contributed by atoms with Gasteiger partial charge in [0.05, 0.1) is 30.1 Å². The van der Waals surface area contributed by atoms with Crippen LogP contribution in [0.1, 0.15) is 31.7 Å².